The molecule has 4 rings (SSSR count). The number of aliphatic imine (C=N–C) groups is 1. The van der Waals surface area contributed by atoms with Crippen molar-refractivity contribution in [3.63, 3.8) is 0 Å². The molecule has 0 amide bonds. The summed E-state index contributed by atoms with van der Waals surface area (Å²) in [6.07, 6.45) is 1.62. The van der Waals surface area contributed by atoms with Crippen LogP contribution in [0.25, 0.3) is 23.0 Å². The van der Waals surface area contributed by atoms with Gasteiger partial charge in [-0.3, -0.25) is 9.79 Å². The van der Waals surface area contributed by atoms with Crippen molar-refractivity contribution in [3.05, 3.63) is 63.5 Å². The molecule has 9 heteroatoms. The van der Waals surface area contributed by atoms with E-state index in [0.717, 1.165) is 0 Å². The molecule has 2 unspecified atom stereocenters. The Balaban J connectivity index is 1.64. The highest BCUT2D eigenvalue weighted by Gasteiger charge is 2.22. The predicted octanol–water partition coefficient (Wildman–Crippen LogP) is 3.56. The molecule has 28 heavy (non-hydrogen) atoms. The first kappa shape index (κ1) is 18.2. The maximum absolute atomic E-state index is 13.8. The summed E-state index contributed by atoms with van der Waals surface area (Å²) >= 11 is 5.99. The van der Waals surface area contributed by atoms with Gasteiger partial charge in [0.25, 0.3) is 11.4 Å². The summed E-state index contributed by atoms with van der Waals surface area (Å²) in [6, 6.07) is 9.88. The van der Waals surface area contributed by atoms with E-state index in [-0.39, 0.29) is 29.8 Å². The molecule has 0 bridgehead atoms. The van der Waals surface area contributed by atoms with E-state index in [9.17, 15) is 9.18 Å². The van der Waals surface area contributed by atoms with Gasteiger partial charge in [0.2, 0.25) is 5.89 Å². The van der Waals surface area contributed by atoms with E-state index in [4.69, 9.17) is 16.0 Å². The molecule has 3 heterocycles. The largest absolute Gasteiger partial charge is 0.415 e. The Labute approximate surface area is 164 Å². The van der Waals surface area contributed by atoms with Gasteiger partial charge in [0.15, 0.2) is 0 Å². The Bertz CT molecular complexity index is 1140. The second-order valence-electron chi connectivity index (χ2n) is 6.37. The Hall–Kier alpha value is -3.13. The van der Waals surface area contributed by atoms with E-state index in [1.54, 1.807) is 37.4 Å². The number of allylic oxidation sites excluding steroid dienone is 1. The smallest absolute Gasteiger partial charge is 0.268 e. The molecule has 1 aliphatic rings. The van der Waals surface area contributed by atoms with Crippen molar-refractivity contribution in [2.24, 2.45) is 10.9 Å². The van der Waals surface area contributed by atoms with Gasteiger partial charge in [0.1, 0.15) is 11.9 Å². The zero-order valence-electron chi connectivity index (χ0n) is 14.8. The molecule has 1 aliphatic heterocycles. The van der Waals surface area contributed by atoms with Crippen molar-refractivity contribution >= 4 is 17.8 Å². The molecule has 0 spiro atoms. The fraction of sp³-hybridized carbons (Fsp3) is 0.211. The highest BCUT2D eigenvalue weighted by Crippen LogP contribution is 2.25. The first-order valence-corrected chi connectivity index (χ1v) is 8.93. The molecule has 0 radical (unpaired) electrons. The van der Waals surface area contributed by atoms with Crippen LogP contribution in [-0.4, -0.2) is 32.4 Å². The van der Waals surface area contributed by atoms with Crippen LogP contribution in [0.1, 0.15) is 6.92 Å². The third-order valence-corrected chi connectivity index (χ3v) is 4.68. The van der Waals surface area contributed by atoms with Crippen LogP contribution in [0.5, 0.6) is 0 Å². The molecule has 2 aromatic heterocycles. The minimum absolute atomic E-state index is 0.126. The van der Waals surface area contributed by atoms with Crippen LogP contribution in [0.3, 0.4) is 0 Å². The fourth-order valence-electron chi connectivity index (χ4n) is 2.77. The van der Waals surface area contributed by atoms with Gasteiger partial charge >= 0.3 is 0 Å². The number of nitrogens with zero attached hydrogens (tertiary/aromatic N) is 5. The second-order valence-corrected chi connectivity index (χ2v) is 6.81. The van der Waals surface area contributed by atoms with Crippen molar-refractivity contribution in [1.29, 1.82) is 0 Å². The van der Waals surface area contributed by atoms with Gasteiger partial charge in [-0.2, -0.15) is 5.10 Å². The summed E-state index contributed by atoms with van der Waals surface area (Å²) in [7, 11) is 0. The number of rotatable bonds is 4. The van der Waals surface area contributed by atoms with E-state index in [1.807, 2.05) is 0 Å². The predicted molar refractivity (Wildman–Crippen MR) is 103 cm³/mol. The van der Waals surface area contributed by atoms with Crippen LogP contribution in [0.2, 0.25) is 5.02 Å². The van der Waals surface area contributed by atoms with Crippen LogP contribution < -0.4 is 5.56 Å². The highest BCUT2D eigenvalue weighted by atomic mass is 35.5. The van der Waals surface area contributed by atoms with Crippen LogP contribution in [0, 0.1) is 5.92 Å². The van der Waals surface area contributed by atoms with Gasteiger partial charge in [-0.05, 0) is 29.8 Å². The third-order valence-electron chi connectivity index (χ3n) is 4.45. The summed E-state index contributed by atoms with van der Waals surface area (Å²) < 4.78 is 20.7. The lowest BCUT2D eigenvalue weighted by Gasteiger charge is -2.20. The summed E-state index contributed by atoms with van der Waals surface area (Å²) in [5.74, 6) is 0.0683. The normalized spacial score (nSPS) is 18.9. The van der Waals surface area contributed by atoms with Crippen LogP contribution in [-0.2, 0) is 6.54 Å². The maximum Gasteiger partial charge on any atom is 0.268 e. The molecule has 2 atom stereocenters. The summed E-state index contributed by atoms with van der Waals surface area (Å²) in [6.45, 7) is 1.87. The van der Waals surface area contributed by atoms with Crippen molar-refractivity contribution < 1.29 is 8.81 Å². The van der Waals surface area contributed by atoms with E-state index >= 15 is 0 Å². The first-order chi connectivity index (χ1) is 13.5. The Morgan fingerprint density at radius 1 is 1.21 bits per heavy atom. The molecule has 0 saturated heterocycles. The van der Waals surface area contributed by atoms with Crippen LogP contribution >= 0.6 is 11.6 Å². The lowest BCUT2D eigenvalue weighted by atomic mass is 9.96. The zero-order chi connectivity index (χ0) is 19.7. The van der Waals surface area contributed by atoms with Gasteiger partial charge in [0, 0.05) is 35.0 Å². The third kappa shape index (κ3) is 3.63. The van der Waals surface area contributed by atoms with E-state index < -0.39 is 6.17 Å². The lowest BCUT2D eigenvalue weighted by Crippen LogP contribution is -2.28. The standard InChI is InChI=1S/C19H15ClFN5O2/c1-11-13(8-22-9-15(11)21)10-26-17(27)6-5-16(25-26)19-24-23-18(28-19)12-3-2-4-14(20)7-12/h2-9,11,15H,10H2,1H3. The number of hydrogen-bond donors (Lipinski definition) is 0. The van der Waals surface area contributed by atoms with Crippen LogP contribution in [0.4, 0.5) is 4.39 Å². The second kappa shape index (κ2) is 7.47. The Morgan fingerprint density at radius 3 is 2.86 bits per heavy atom. The summed E-state index contributed by atoms with van der Waals surface area (Å²) in [5, 5.41) is 12.8. The fourth-order valence-corrected chi connectivity index (χ4v) is 2.96. The van der Waals surface area contributed by atoms with Crippen LogP contribution in [0.15, 0.2) is 62.4 Å². The highest BCUT2D eigenvalue weighted by molar-refractivity contribution is 6.30. The van der Waals surface area contributed by atoms with Gasteiger partial charge in [-0.25, -0.2) is 9.07 Å². The van der Waals surface area contributed by atoms with Crippen molar-refractivity contribution in [1.82, 2.24) is 20.0 Å². The number of hydrogen-bond acceptors (Lipinski definition) is 6. The molecular formula is C19H15ClFN5O2. The molecule has 0 fully saturated rings. The van der Waals surface area contributed by atoms with Gasteiger partial charge in [-0.15, -0.1) is 10.2 Å². The lowest BCUT2D eigenvalue weighted by molar-refractivity contribution is 0.340. The molecule has 3 aromatic rings. The number of halogens is 2. The van der Waals surface area contributed by atoms with Gasteiger partial charge in [0.05, 0.1) is 6.54 Å². The molecular weight excluding hydrogens is 385 g/mol. The monoisotopic (exact) mass is 399 g/mol. The summed E-state index contributed by atoms with van der Waals surface area (Å²) in [5.41, 5.74) is 1.36. The van der Waals surface area contributed by atoms with E-state index in [0.29, 0.717) is 21.9 Å². The maximum atomic E-state index is 13.8. The van der Waals surface area contributed by atoms with Crippen molar-refractivity contribution in [2.45, 2.75) is 19.6 Å². The number of benzene rings is 1. The molecule has 142 valence electrons. The molecule has 0 aliphatic carbocycles. The van der Waals surface area contributed by atoms with E-state index in [2.05, 4.69) is 20.3 Å². The average Bonchev–Trinajstić information content (AvgIpc) is 3.17. The number of alkyl halides is 1. The van der Waals surface area contributed by atoms with Crippen molar-refractivity contribution in [2.75, 3.05) is 0 Å². The topological polar surface area (TPSA) is 86.2 Å². The van der Waals surface area contributed by atoms with Gasteiger partial charge in [-0.1, -0.05) is 24.6 Å². The molecule has 1 aromatic carbocycles. The van der Waals surface area contributed by atoms with E-state index in [1.165, 1.54) is 23.0 Å². The van der Waals surface area contributed by atoms with Crippen molar-refractivity contribution in [3.8, 4) is 23.0 Å². The molecule has 0 N–H and O–H groups in total. The quantitative estimate of drug-likeness (QED) is 0.669. The van der Waals surface area contributed by atoms with Gasteiger partial charge < -0.3 is 4.42 Å². The first-order valence-electron chi connectivity index (χ1n) is 8.55. The Morgan fingerprint density at radius 2 is 2.04 bits per heavy atom. The minimum atomic E-state index is -1.19. The SMILES string of the molecule is CC1C(Cn2nc(-c3nnc(-c4cccc(Cl)c4)o3)ccc2=O)=CN=CC1F. The zero-order valence-corrected chi connectivity index (χ0v) is 15.5. The number of aromatic nitrogens is 4. The molecule has 7 nitrogen and oxygen atoms in total. The Kier molecular flexibility index (Phi) is 4.87. The minimum Gasteiger partial charge on any atom is -0.415 e. The molecule has 0 saturated carbocycles. The summed E-state index contributed by atoms with van der Waals surface area (Å²) in [4.78, 5) is 16.1. The average molecular weight is 400 g/mol.